The SMILES string of the molecule is CC[C@H](C)[C@H](NC(=O)[C@H](CC(=O)O)NC(=O)[C@H](CC(C)C)NC(=O)[C@H](NC(C)=O)C(c1ccccc1)c1ccccc1)C(=O)N[C@H](C(=O)N[C@@H](Cc1c[nH]c2ccccc12)C(=O)O)[C@@H](C)CC.O=C(O)C(F)(F)F. The molecule has 19 nitrogen and oxygen atoms in total. The van der Waals surface area contributed by atoms with Gasteiger partial charge in [-0.15, -0.1) is 0 Å². The molecule has 0 saturated carbocycles. The maximum atomic E-state index is 14.3. The van der Waals surface area contributed by atoms with Crippen molar-refractivity contribution in [3.8, 4) is 0 Å². The van der Waals surface area contributed by atoms with Crippen LogP contribution < -0.4 is 31.9 Å². The highest BCUT2D eigenvalue weighted by Gasteiger charge is 2.40. The van der Waals surface area contributed by atoms with Crippen LogP contribution in [0.25, 0.3) is 10.9 Å². The Kier molecular flexibility index (Phi) is 23.3. The van der Waals surface area contributed by atoms with Crippen LogP contribution in [0.15, 0.2) is 91.1 Å². The molecule has 1 heterocycles. The zero-order valence-corrected chi connectivity index (χ0v) is 42.1. The van der Waals surface area contributed by atoms with E-state index in [0.29, 0.717) is 29.5 Å². The third-order valence-electron chi connectivity index (χ3n) is 12.2. The summed E-state index contributed by atoms with van der Waals surface area (Å²) in [5, 5.41) is 43.9. The number of H-pyrrole nitrogens is 1. The number of carbonyl (C=O) groups excluding carboxylic acids is 6. The molecule has 74 heavy (non-hydrogen) atoms. The van der Waals surface area contributed by atoms with Crippen molar-refractivity contribution >= 4 is 64.3 Å². The molecule has 3 aromatic carbocycles. The molecule has 0 radical (unpaired) electrons. The van der Waals surface area contributed by atoms with Crippen LogP contribution in [0.5, 0.6) is 0 Å². The van der Waals surface area contributed by atoms with Crippen LogP contribution in [0, 0.1) is 17.8 Å². The second-order valence-electron chi connectivity index (χ2n) is 18.3. The standard InChI is InChI=1S/C50H65N7O10.C2HF3O2/c1-8-29(5)42(47(63)55-39(50(66)67)25-34-27-51-36-23-17-16-22-35(34)36)57-48(64)43(30(6)9-2)56-46(62)38(26-40(59)60)53-45(61)37(24-28(3)4)54-49(65)44(52-31(7)58)41(32-18-12-10-13-19-32)33-20-14-11-15-21-33;3-2(4,5)1(6)7/h10-23,27-30,37-39,41-44,51H,8-9,24-26H2,1-7H3,(H,52,58)(H,53,61)(H,54,65)(H,55,63)(H,56,62)(H,57,64)(H,59,60)(H,66,67);(H,6,7)/t29-,30-,37-,38-,39-,42-,43-,44+;/m0./s1. The zero-order chi connectivity index (χ0) is 55.4. The smallest absolute Gasteiger partial charge is 0.481 e. The van der Waals surface area contributed by atoms with Gasteiger partial charge in [0.05, 0.1) is 6.42 Å². The van der Waals surface area contributed by atoms with Gasteiger partial charge in [0.15, 0.2) is 0 Å². The number of hydrogen-bond acceptors (Lipinski definition) is 9. The van der Waals surface area contributed by atoms with E-state index in [-0.39, 0.29) is 18.8 Å². The first-order valence-corrected chi connectivity index (χ1v) is 24.0. The van der Waals surface area contributed by atoms with Gasteiger partial charge in [-0.05, 0) is 46.9 Å². The largest absolute Gasteiger partial charge is 0.490 e. The number of rotatable bonds is 25. The molecule has 22 heteroatoms. The Balaban J connectivity index is 0.00000192. The molecular formula is C52H66F3N7O12. The van der Waals surface area contributed by atoms with Crippen LogP contribution in [0.4, 0.5) is 13.2 Å². The van der Waals surface area contributed by atoms with Crippen LogP contribution in [0.3, 0.4) is 0 Å². The Bertz CT molecular complexity index is 2520. The van der Waals surface area contributed by atoms with Crippen LogP contribution in [0.1, 0.15) is 96.8 Å². The van der Waals surface area contributed by atoms with E-state index in [4.69, 9.17) is 9.90 Å². The molecule has 0 unspecified atom stereocenters. The number of aliphatic carboxylic acids is 3. The first-order valence-electron chi connectivity index (χ1n) is 24.0. The Morgan fingerprint density at radius 1 is 0.568 bits per heavy atom. The summed E-state index contributed by atoms with van der Waals surface area (Å²) < 4.78 is 31.7. The van der Waals surface area contributed by atoms with Gasteiger partial charge in [0.25, 0.3) is 0 Å². The highest BCUT2D eigenvalue weighted by Crippen LogP contribution is 2.29. The minimum absolute atomic E-state index is 0.0476. The molecule has 402 valence electrons. The number of nitrogens with one attached hydrogen (secondary N) is 7. The van der Waals surface area contributed by atoms with Crippen molar-refractivity contribution in [3.63, 3.8) is 0 Å². The van der Waals surface area contributed by atoms with E-state index in [0.717, 1.165) is 10.9 Å². The lowest BCUT2D eigenvalue weighted by atomic mass is 9.84. The van der Waals surface area contributed by atoms with E-state index < -0.39 is 120 Å². The molecule has 6 amide bonds. The maximum absolute atomic E-state index is 14.3. The van der Waals surface area contributed by atoms with Crippen molar-refractivity contribution in [2.45, 2.75) is 129 Å². The fraction of sp³-hybridized carbons (Fsp3) is 0.442. The highest BCUT2D eigenvalue weighted by atomic mass is 19.4. The van der Waals surface area contributed by atoms with Gasteiger partial charge in [0, 0.05) is 36.4 Å². The number of carbonyl (C=O) groups is 9. The van der Waals surface area contributed by atoms with Gasteiger partial charge in [-0.3, -0.25) is 33.6 Å². The zero-order valence-electron chi connectivity index (χ0n) is 42.1. The van der Waals surface area contributed by atoms with E-state index >= 15 is 0 Å². The summed E-state index contributed by atoms with van der Waals surface area (Å²) in [6, 6.07) is 17.3. The van der Waals surface area contributed by atoms with E-state index in [9.17, 15) is 61.7 Å². The van der Waals surface area contributed by atoms with E-state index in [1.165, 1.54) is 6.92 Å². The molecule has 0 bridgehead atoms. The van der Waals surface area contributed by atoms with Crippen molar-refractivity contribution in [2.75, 3.05) is 0 Å². The number of hydrogen-bond donors (Lipinski definition) is 10. The van der Waals surface area contributed by atoms with Crippen LogP contribution in [-0.2, 0) is 49.6 Å². The van der Waals surface area contributed by atoms with Crippen LogP contribution >= 0.6 is 0 Å². The van der Waals surface area contributed by atoms with Crippen molar-refractivity contribution in [1.29, 1.82) is 0 Å². The van der Waals surface area contributed by atoms with Gasteiger partial charge < -0.3 is 52.2 Å². The Hall–Kier alpha value is -7.78. The Morgan fingerprint density at radius 2 is 1.00 bits per heavy atom. The number of carboxylic acids is 3. The lowest BCUT2D eigenvalue weighted by Gasteiger charge is -2.31. The van der Waals surface area contributed by atoms with Gasteiger partial charge in [-0.1, -0.05) is 133 Å². The van der Waals surface area contributed by atoms with E-state index in [1.807, 2.05) is 74.5 Å². The van der Waals surface area contributed by atoms with Crippen molar-refractivity contribution in [3.05, 3.63) is 108 Å². The molecule has 4 aromatic rings. The topological polar surface area (TPSA) is 302 Å². The summed E-state index contributed by atoms with van der Waals surface area (Å²) in [6.07, 6.45) is -3.52. The molecule has 0 aliphatic heterocycles. The quantitative estimate of drug-likeness (QED) is 0.0428. The Morgan fingerprint density at radius 3 is 1.46 bits per heavy atom. The van der Waals surface area contributed by atoms with E-state index in [1.54, 1.807) is 58.2 Å². The lowest BCUT2D eigenvalue weighted by Crippen LogP contribution is -2.61. The summed E-state index contributed by atoms with van der Waals surface area (Å²) in [4.78, 5) is 120. The molecular weight excluding hydrogens is 972 g/mol. The fourth-order valence-corrected chi connectivity index (χ4v) is 7.92. The summed E-state index contributed by atoms with van der Waals surface area (Å²) in [5.41, 5.74) is 2.90. The monoisotopic (exact) mass is 1040 g/mol. The van der Waals surface area contributed by atoms with E-state index in [2.05, 4.69) is 36.9 Å². The Labute approximate surface area is 426 Å². The number of para-hydroxylation sites is 1. The molecule has 0 saturated heterocycles. The number of halogens is 3. The van der Waals surface area contributed by atoms with Crippen LogP contribution in [0.2, 0.25) is 0 Å². The van der Waals surface area contributed by atoms with Gasteiger partial charge in [0.1, 0.15) is 36.3 Å². The first-order chi connectivity index (χ1) is 34.8. The third kappa shape index (κ3) is 18.4. The summed E-state index contributed by atoms with van der Waals surface area (Å²) in [7, 11) is 0. The molecule has 4 rings (SSSR count). The molecule has 8 atom stereocenters. The second-order valence-corrected chi connectivity index (χ2v) is 18.3. The van der Waals surface area contributed by atoms with Gasteiger partial charge >= 0.3 is 24.1 Å². The van der Waals surface area contributed by atoms with Gasteiger partial charge in [-0.25, -0.2) is 9.59 Å². The second kappa shape index (κ2) is 28.5. The van der Waals surface area contributed by atoms with Crippen LogP contribution in [-0.4, -0.2) is 116 Å². The predicted octanol–water partition coefficient (Wildman–Crippen LogP) is 4.80. The minimum atomic E-state index is -5.08. The number of alkyl halides is 3. The lowest BCUT2D eigenvalue weighted by molar-refractivity contribution is -0.192. The maximum Gasteiger partial charge on any atom is 0.490 e. The first kappa shape index (κ1) is 60.5. The number of carboxylic acid groups (broad SMARTS) is 3. The number of aromatic nitrogens is 1. The molecule has 10 N–H and O–H groups in total. The van der Waals surface area contributed by atoms with Gasteiger partial charge in [-0.2, -0.15) is 13.2 Å². The number of amides is 6. The summed E-state index contributed by atoms with van der Waals surface area (Å²) >= 11 is 0. The molecule has 0 fully saturated rings. The van der Waals surface area contributed by atoms with Crippen molar-refractivity contribution in [2.24, 2.45) is 17.8 Å². The average Bonchev–Trinajstić information content (AvgIpc) is 3.75. The number of benzene rings is 3. The molecule has 1 aromatic heterocycles. The minimum Gasteiger partial charge on any atom is -0.481 e. The van der Waals surface area contributed by atoms with Crippen molar-refractivity contribution < 1.29 is 71.6 Å². The molecule has 0 spiro atoms. The fourth-order valence-electron chi connectivity index (χ4n) is 7.92. The average molecular weight is 1040 g/mol. The summed E-state index contributed by atoms with van der Waals surface area (Å²) in [6.45, 7) is 11.8. The number of fused-ring (bicyclic) bond motifs is 1. The normalized spacial score (nSPS) is 14.5. The third-order valence-corrected chi connectivity index (χ3v) is 12.2. The predicted molar refractivity (Wildman–Crippen MR) is 266 cm³/mol. The number of aromatic amines is 1. The highest BCUT2D eigenvalue weighted by molar-refractivity contribution is 5.98. The van der Waals surface area contributed by atoms with Gasteiger partial charge in [0.2, 0.25) is 35.4 Å². The van der Waals surface area contributed by atoms with Crippen molar-refractivity contribution in [1.82, 2.24) is 36.9 Å². The summed E-state index contributed by atoms with van der Waals surface area (Å²) in [5.74, 6) is -12.0. The molecule has 0 aliphatic rings. The molecule has 0 aliphatic carbocycles.